The van der Waals surface area contributed by atoms with Gasteiger partial charge in [-0.3, -0.25) is 0 Å². The summed E-state index contributed by atoms with van der Waals surface area (Å²) in [5.41, 5.74) is 7.19. The van der Waals surface area contributed by atoms with Gasteiger partial charge in [-0.1, -0.05) is 19.1 Å². The van der Waals surface area contributed by atoms with Crippen molar-refractivity contribution in [3.8, 4) is 11.5 Å². The molecule has 1 unspecified atom stereocenters. The fourth-order valence-corrected chi connectivity index (χ4v) is 1.92. The smallest absolute Gasteiger partial charge is 0.161 e. The van der Waals surface area contributed by atoms with Crippen LogP contribution in [0.5, 0.6) is 11.5 Å². The van der Waals surface area contributed by atoms with E-state index >= 15 is 0 Å². The van der Waals surface area contributed by atoms with Gasteiger partial charge in [-0.15, -0.1) is 6.58 Å². The van der Waals surface area contributed by atoms with Gasteiger partial charge < -0.3 is 15.2 Å². The van der Waals surface area contributed by atoms with Gasteiger partial charge in [0.05, 0.1) is 13.2 Å². The second kappa shape index (κ2) is 9.43. The van der Waals surface area contributed by atoms with E-state index in [1.807, 2.05) is 25.1 Å². The lowest BCUT2D eigenvalue weighted by Gasteiger charge is -2.14. The van der Waals surface area contributed by atoms with E-state index in [1.54, 1.807) is 0 Å². The largest absolute Gasteiger partial charge is 0.490 e. The first-order valence-electron chi connectivity index (χ1n) is 7.46. The summed E-state index contributed by atoms with van der Waals surface area (Å²) in [6.07, 6.45) is 5.68. The monoisotopic (exact) mass is 277 g/mol. The third-order valence-corrected chi connectivity index (χ3v) is 3.14. The van der Waals surface area contributed by atoms with Crippen molar-refractivity contribution < 1.29 is 9.47 Å². The molecule has 1 atom stereocenters. The Morgan fingerprint density at radius 1 is 1.25 bits per heavy atom. The van der Waals surface area contributed by atoms with Gasteiger partial charge >= 0.3 is 0 Å². The maximum atomic E-state index is 6.00. The number of benzene rings is 1. The van der Waals surface area contributed by atoms with Crippen LogP contribution in [-0.4, -0.2) is 19.3 Å². The number of allylic oxidation sites excluding steroid dienone is 1. The second-order valence-corrected chi connectivity index (χ2v) is 4.87. The van der Waals surface area contributed by atoms with Crippen LogP contribution in [0.25, 0.3) is 0 Å². The summed E-state index contributed by atoms with van der Waals surface area (Å²) < 4.78 is 11.4. The third kappa shape index (κ3) is 5.66. The van der Waals surface area contributed by atoms with Crippen LogP contribution in [0.1, 0.15) is 38.7 Å². The molecule has 0 saturated heterocycles. The number of unbranched alkanes of at least 4 members (excludes halogenated alkanes) is 1. The van der Waals surface area contributed by atoms with E-state index < -0.39 is 0 Å². The number of ether oxygens (including phenoxy) is 2. The van der Waals surface area contributed by atoms with Gasteiger partial charge in [0, 0.05) is 6.04 Å². The number of hydrogen-bond acceptors (Lipinski definition) is 3. The average Bonchev–Trinajstić information content (AvgIpc) is 2.45. The van der Waals surface area contributed by atoms with E-state index in [2.05, 4.69) is 19.6 Å². The maximum absolute atomic E-state index is 6.00. The molecule has 0 aliphatic rings. The second-order valence-electron chi connectivity index (χ2n) is 4.87. The van der Waals surface area contributed by atoms with Crippen molar-refractivity contribution >= 4 is 0 Å². The Kier molecular flexibility index (Phi) is 7.81. The normalized spacial score (nSPS) is 11.9. The minimum absolute atomic E-state index is 0.198. The topological polar surface area (TPSA) is 44.5 Å². The molecular weight excluding hydrogens is 250 g/mol. The predicted molar refractivity (Wildman–Crippen MR) is 84.5 cm³/mol. The van der Waals surface area contributed by atoms with E-state index in [4.69, 9.17) is 15.2 Å². The van der Waals surface area contributed by atoms with Gasteiger partial charge in [0.25, 0.3) is 0 Å². The van der Waals surface area contributed by atoms with Crippen LogP contribution in [0, 0.1) is 0 Å². The Hall–Kier alpha value is -1.48. The van der Waals surface area contributed by atoms with Gasteiger partial charge in [-0.05, 0) is 50.3 Å². The molecule has 0 spiro atoms. The Labute approximate surface area is 122 Å². The zero-order valence-electron chi connectivity index (χ0n) is 12.7. The van der Waals surface area contributed by atoms with Crippen molar-refractivity contribution in [1.82, 2.24) is 0 Å². The molecule has 0 saturated carbocycles. The van der Waals surface area contributed by atoms with Gasteiger partial charge in [-0.25, -0.2) is 0 Å². The Balaban J connectivity index is 2.70. The van der Waals surface area contributed by atoms with Crippen molar-refractivity contribution in [3.05, 3.63) is 36.4 Å². The highest BCUT2D eigenvalue weighted by atomic mass is 16.5. The van der Waals surface area contributed by atoms with Crippen LogP contribution in [0.2, 0.25) is 0 Å². The van der Waals surface area contributed by atoms with Crippen molar-refractivity contribution in [1.29, 1.82) is 0 Å². The van der Waals surface area contributed by atoms with Crippen molar-refractivity contribution in [2.75, 3.05) is 13.2 Å². The molecule has 20 heavy (non-hydrogen) atoms. The van der Waals surface area contributed by atoms with Crippen LogP contribution < -0.4 is 15.2 Å². The molecule has 2 N–H and O–H groups in total. The van der Waals surface area contributed by atoms with E-state index in [1.165, 1.54) is 5.56 Å². The van der Waals surface area contributed by atoms with Crippen molar-refractivity contribution in [3.63, 3.8) is 0 Å². The highest BCUT2D eigenvalue weighted by Gasteiger charge is 2.08. The summed E-state index contributed by atoms with van der Waals surface area (Å²) >= 11 is 0. The van der Waals surface area contributed by atoms with Crippen molar-refractivity contribution in [2.45, 2.75) is 45.6 Å². The molecule has 1 rings (SSSR count). The van der Waals surface area contributed by atoms with Crippen molar-refractivity contribution in [2.24, 2.45) is 5.73 Å². The highest BCUT2D eigenvalue weighted by molar-refractivity contribution is 5.43. The molecule has 0 aromatic heterocycles. The Morgan fingerprint density at radius 2 is 2.05 bits per heavy atom. The first kappa shape index (κ1) is 16.6. The molecule has 0 amide bonds. The van der Waals surface area contributed by atoms with E-state index in [0.717, 1.165) is 37.2 Å². The molecule has 0 fully saturated rings. The molecule has 0 aliphatic heterocycles. The molecule has 0 radical (unpaired) electrons. The number of nitrogens with two attached hydrogens (primary N) is 1. The highest BCUT2D eigenvalue weighted by Crippen LogP contribution is 2.29. The number of rotatable bonds is 10. The fourth-order valence-electron chi connectivity index (χ4n) is 1.92. The first-order valence-corrected chi connectivity index (χ1v) is 7.46. The van der Waals surface area contributed by atoms with E-state index in [-0.39, 0.29) is 6.04 Å². The SMILES string of the molecule is C=CCCCOc1ccc(CC(N)CC)cc1OCC. The van der Waals surface area contributed by atoms with Gasteiger partial charge in [0.1, 0.15) is 0 Å². The lowest BCUT2D eigenvalue weighted by molar-refractivity contribution is 0.274. The van der Waals surface area contributed by atoms with Crippen LogP contribution in [-0.2, 0) is 6.42 Å². The summed E-state index contributed by atoms with van der Waals surface area (Å²) in [5, 5.41) is 0. The molecule has 1 aromatic rings. The average molecular weight is 277 g/mol. The summed E-state index contributed by atoms with van der Waals surface area (Å²) in [6.45, 7) is 9.10. The first-order chi connectivity index (χ1) is 9.71. The quantitative estimate of drug-likeness (QED) is 0.524. The predicted octanol–water partition coefficient (Wildman–Crippen LogP) is 3.71. The molecule has 3 nitrogen and oxygen atoms in total. The Bertz CT molecular complexity index is 404. The molecule has 1 aromatic carbocycles. The molecule has 0 bridgehead atoms. The lowest BCUT2D eigenvalue weighted by Crippen LogP contribution is -2.21. The zero-order valence-corrected chi connectivity index (χ0v) is 12.7. The fraction of sp³-hybridized carbons (Fsp3) is 0.529. The third-order valence-electron chi connectivity index (χ3n) is 3.14. The van der Waals surface area contributed by atoms with Crippen LogP contribution in [0.15, 0.2) is 30.9 Å². The summed E-state index contributed by atoms with van der Waals surface area (Å²) in [4.78, 5) is 0. The van der Waals surface area contributed by atoms with Crippen LogP contribution in [0.4, 0.5) is 0 Å². The van der Waals surface area contributed by atoms with Crippen LogP contribution in [0.3, 0.4) is 0 Å². The van der Waals surface area contributed by atoms with Gasteiger partial charge in [0.15, 0.2) is 11.5 Å². The maximum Gasteiger partial charge on any atom is 0.161 e. The molecule has 3 heteroatoms. The van der Waals surface area contributed by atoms with Gasteiger partial charge in [0.2, 0.25) is 0 Å². The minimum Gasteiger partial charge on any atom is -0.490 e. The number of hydrogen-bond donors (Lipinski definition) is 1. The minimum atomic E-state index is 0.198. The molecule has 112 valence electrons. The molecular formula is C17H27NO2. The summed E-state index contributed by atoms with van der Waals surface area (Å²) in [7, 11) is 0. The lowest BCUT2D eigenvalue weighted by atomic mass is 10.0. The standard InChI is InChI=1S/C17H27NO2/c1-4-7-8-11-20-16-10-9-14(12-15(18)5-2)13-17(16)19-6-3/h4,9-10,13,15H,1,5-8,11-12,18H2,2-3H3. The van der Waals surface area contributed by atoms with E-state index in [0.29, 0.717) is 13.2 Å². The zero-order chi connectivity index (χ0) is 14.8. The van der Waals surface area contributed by atoms with Gasteiger partial charge in [-0.2, -0.15) is 0 Å². The molecule has 0 aliphatic carbocycles. The summed E-state index contributed by atoms with van der Waals surface area (Å²) in [5.74, 6) is 1.62. The Morgan fingerprint density at radius 3 is 2.70 bits per heavy atom. The summed E-state index contributed by atoms with van der Waals surface area (Å²) in [6, 6.07) is 6.29. The van der Waals surface area contributed by atoms with E-state index in [9.17, 15) is 0 Å². The van der Waals surface area contributed by atoms with Crippen LogP contribution >= 0.6 is 0 Å². The molecule has 0 heterocycles.